The molecule has 0 heterocycles. The van der Waals surface area contributed by atoms with Crippen molar-refractivity contribution in [1.29, 1.82) is 0 Å². The molecular weight excluding hydrogens is 416 g/mol. The summed E-state index contributed by atoms with van der Waals surface area (Å²) in [6.07, 6.45) is -4.89. The monoisotopic (exact) mass is 434 g/mol. The van der Waals surface area contributed by atoms with E-state index in [1.807, 2.05) is 0 Å². The van der Waals surface area contributed by atoms with Crippen molar-refractivity contribution in [2.45, 2.75) is 17.8 Å². The highest BCUT2D eigenvalue weighted by Crippen LogP contribution is 2.27. The Hall–Kier alpha value is -2.66. The fourth-order valence-corrected chi connectivity index (χ4v) is 3.51. The molecule has 0 fully saturated rings. The van der Waals surface area contributed by atoms with E-state index in [1.54, 1.807) is 0 Å². The molecule has 0 bridgehead atoms. The predicted molar refractivity (Wildman–Crippen MR) is 95.8 cm³/mol. The first-order valence-electron chi connectivity index (χ1n) is 8.19. The molecule has 29 heavy (non-hydrogen) atoms. The highest BCUT2D eigenvalue weighted by molar-refractivity contribution is 7.89. The van der Waals surface area contributed by atoms with Crippen LogP contribution in [0.3, 0.4) is 0 Å². The summed E-state index contributed by atoms with van der Waals surface area (Å²) in [7, 11) is -1.55. The second kappa shape index (κ2) is 8.78. The van der Waals surface area contributed by atoms with Gasteiger partial charge < -0.3 is 9.64 Å². The van der Waals surface area contributed by atoms with Gasteiger partial charge in [-0.1, -0.05) is 18.2 Å². The standard InChI is InChI=1S/C18H18F4N2O4S/c1-23(11-13-5-3-4-6-16(13)28-18(20,21)22)17(25)12-24(2)29(26,27)15-9-7-14(19)8-10-15/h3-10H,11-12H2,1-2H3. The van der Waals surface area contributed by atoms with E-state index >= 15 is 0 Å². The number of hydrogen-bond acceptors (Lipinski definition) is 4. The van der Waals surface area contributed by atoms with Gasteiger partial charge >= 0.3 is 6.36 Å². The molecule has 2 aromatic rings. The van der Waals surface area contributed by atoms with Gasteiger partial charge in [0.05, 0.1) is 11.4 Å². The van der Waals surface area contributed by atoms with Gasteiger partial charge in [-0.25, -0.2) is 12.8 Å². The van der Waals surface area contributed by atoms with Crippen molar-refractivity contribution in [1.82, 2.24) is 9.21 Å². The van der Waals surface area contributed by atoms with E-state index in [4.69, 9.17) is 0 Å². The van der Waals surface area contributed by atoms with Crippen LogP contribution in [-0.2, 0) is 21.4 Å². The molecule has 158 valence electrons. The Morgan fingerprint density at radius 1 is 1.03 bits per heavy atom. The number of likely N-dealkylation sites (N-methyl/N-ethyl adjacent to an activating group) is 2. The van der Waals surface area contributed by atoms with Gasteiger partial charge in [0.2, 0.25) is 15.9 Å². The Balaban J connectivity index is 2.08. The number of halogens is 4. The minimum Gasteiger partial charge on any atom is -0.405 e. The lowest BCUT2D eigenvalue weighted by atomic mass is 10.2. The van der Waals surface area contributed by atoms with Crippen LogP contribution in [0.25, 0.3) is 0 Å². The van der Waals surface area contributed by atoms with Crippen LogP contribution in [-0.4, -0.2) is 50.5 Å². The number of alkyl halides is 3. The number of carbonyl (C=O) groups excluding carboxylic acids is 1. The molecule has 0 saturated carbocycles. The quantitative estimate of drug-likeness (QED) is 0.629. The fourth-order valence-electron chi connectivity index (χ4n) is 2.39. The van der Waals surface area contributed by atoms with Crippen molar-refractivity contribution in [3.63, 3.8) is 0 Å². The zero-order valence-corrected chi connectivity index (χ0v) is 16.3. The lowest BCUT2D eigenvalue weighted by molar-refractivity contribution is -0.275. The van der Waals surface area contributed by atoms with Crippen LogP contribution in [0.2, 0.25) is 0 Å². The number of carbonyl (C=O) groups is 1. The van der Waals surface area contributed by atoms with E-state index in [-0.39, 0.29) is 17.0 Å². The van der Waals surface area contributed by atoms with Crippen LogP contribution in [0.15, 0.2) is 53.4 Å². The summed E-state index contributed by atoms with van der Waals surface area (Å²) in [6, 6.07) is 9.42. The summed E-state index contributed by atoms with van der Waals surface area (Å²) in [5.41, 5.74) is 0.102. The van der Waals surface area contributed by atoms with Crippen molar-refractivity contribution >= 4 is 15.9 Å². The molecule has 0 spiro atoms. The molecular formula is C18H18F4N2O4S. The largest absolute Gasteiger partial charge is 0.573 e. The molecule has 1 amide bonds. The summed E-state index contributed by atoms with van der Waals surface area (Å²) in [4.78, 5) is 13.3. The molecule has 0 saturated heterocycles. The molecule has 0 radical (unpaired) electrons. The number of ether oxygens (including phenoxy) is 1. The van der Waals surface area contributed by atoms with E-state index in [0.29, 0.717) is 0 Å². The lowest BCUT2D eigenvalue weighted by Gasteiger charge is -2.23. The highest BCUT2D eigenvalue weighted by Gasteiger charge is 2.32. The second-order valence-electron chi connectivity index (χ2n) is 6.12. The Morgan fingerprint density at radius 2 is 1.62 bits per heavy atom. The SMILES string of the molecule is CN(Cc1ccccc1OC(F)(F)F)C(=O)CN(C)S(=O)(=O)c1ccc(F)cc1. The third-order valence-electron chi connectivity index (χ3n) is 3.91. The Kier molecular flexibility index (Phi) is 6.85. The van der Waals surface area contributed by atoms with E-state index in [2.05, 4.69) is 4.74 Å². The normalized spacial score (nSPS) is 12.1. The number of para-hydroxylation sites is 1. The molecule has 0 atom stereocenters. The van der Waals surface area contributed by atoms with Crippen molar-refractivity contribution in [2.24, 2.45) is 0 Å². The molecule has 0 aliphatic rings. The van der Waals surface area contributed by atoms with Gasteiger partial charge in [0.25, 0.3) is 0 Å². The molecule has 0 N–H and O–H groups in total. The maximum absolute atomic E-state index is 13.0. The van der Waals surface area contributed by atoms with E-state index in [1.165, 1.54) is 32.3 Å². The molecule has 2 rings (SSSR count). The van der Waals surface area contributed by atoms with Crippen LogP contribution in [0, 0.1) is 5.82 Å². The minimum atomic E-state index is -4.89. The topological polar surface area (TPSA) is 66.9 Å². The van der Waals surface area contributed by atoms with Crippen molar-refractivity contribution in [2.75, 3.05) is 20.6 Å². The third kappa shape index (κ3) is 6.16. The van der Waals surface area contributed by atoms with Gasteiger partial charge in [0.1, 0.15) is 11.6 Å². The van der Waals surface area contributed by atoms with Crippen molar-refractivity contribution in [3.8, 4) is 5.75 Å². The highest BCUT2D eigenvalue weighted by atomic mass is 32.2. The average Bonchev–Trinajstić information content (AvgIpc) is 2.62. The number of amides is 1. The second-order valence-corrected chi connectivity index (χ2v) is 8.17. The number of benzene rings is 2. The summed E-state index contributed by atoms with van der Waals surface area (Å²) >= 11 is 0. The van der Waals surface area contributed by atoms with Crippen LogP contribution >= 0.6 is 0 Å². The van der Waals surface area contributed by atoms with Gasteiger partial charge in [-0.05, 0) is 30.3 Å². The molecule has 11 heteroatoms. The summed E-state index contributed by atoms with van der Waals surface area (Å²) in [5, 5.41) is 0. The van der Waals surface area contributed by atoms with E-state index in [0.717, 1.165) is 39.5 Å². The molecule has 0 aliphatic heterocycles. The zero-order chi connectivity index (χ0) is 21.8. The fraction of sp³-hybridized carbons (Fsp3) is 0.278. The molecule has 0 aromatic heterocycles. The molecule has 0 aliphatic carbocycles. The summed E-state index contributed by atoms with van der Waals surface area (Å²) in [5.74, 6) is -1.71. The van der Waals surface area contributed by atoms with Gasteiger partial charge in [-0.3, -0.25) is 4.79 Å². The van der Waals surface area contributed by atoms with Gasteiger partial charge in [-0.2, -0.15) is 4.31 Å². The third-order valence-corrected chi connectivity index (χ3v) is 5.73. The average molecular weight is 434 g/mol. The smallest absolute Gasteiger partial charge is 0.405 e. The van der Waals surface area contributed by atoms with Crippen LogP contribution < -0.4 is 4.74 Å². The molecule has 2 aromatic carbocycles. The predicted octanol–water partition coefficient (Wildman–Crippen LogP) is 3.00. The van der Waals surface area contributed by atoms with Crippen molar-refractivity contribution < 1.29 is 35.5 Å². The summed E-state index contributed by atoms with van der Waals surface area (Å²) in [6.45, 7) is -0.784. The maximum atomic E-state index is 13.0. The van der Waals surface area contributed by atoms with E-state index in [9.17, 15) is 30.8 Å². The summed E-state index contributed by atoms with van der Waals surface area (Å²) < 4.78 is 80.1. The van der Waals surface area contributed by atoms with Crippen LogP contribution in [0.4, 0.5) is 17.6 Å². The minimum absolute atomic E-state index is 0.102. The number of nitrogens with zero attached hydrogens (tertiary/aromatic N) is 2. The van der Waals surface area contributed by atoms with Crippen LogP contribution in [0.1, 0.15) is 5.56 Å². The first-order chi connectivity index (χ1) is 13.4. The van der Waals surface area contributed by atoms with Crippen molar-refractivity contribution in [3.05, 3.63) is 59.9 Å². The first-order valence-corrected chi connectivity index (χ1v) is 9.63. The van der Waals surface area contributed by atoms with Crippen LogP contribution in [0.5, 0.6) is 5.75 Å². The Morgan fingerprint density at radius 3 is 2.21 bits per heavy atom. The van der Waals surface area contributed by atoms with Gasteiger partial charge in [-0.15, -0.1) is 13.2 Å². The zero-order valence-electron chi connectivity index (χ0n) is 15.5. The molecule has 6 nitrogen and oxygen atoms in total. The number of sulfonamides is 1. The van der Waals surface area contributed by atoms with E-state index < -0.39 is 40.4 Å². The molecule has 0 unspecified atom stereocenters. The lowest BCUT2D eigenvalue weighted by Crippen LogP contribution is -2.39. The van der Waals surface area contributed by atoms with Gasteiger partial charge in [0.15, 0.2) is 0 Å². The number of hydrogen-bond donors (Lipinski definition) is 0. The van der Waals surface area contributed by atoms with Gasteiger partial charge in [0, 0.05) is 26.2 Å². The first kappa shape index (κ1) is 22.6. The Labute approximate surface area is 165 Å². The Bertz CT molecular complexity index is 963. The maximum Gasteiger partial charge on any atom is 0.573 e. The number of rotatable bonds is 7.